The Labute approximate surface area is 183 Å². The fraction of sp³-hybridized carbons (Fsp3) is 0.458. The van der Waals surface area contributed by atoms with Crippen molar-refractivity contribution in [1.82, 2.24) is 4.90 Å². The molecule has 1 unspecified atom stereocenters. The first-order valence-corrected chi connectivity index (χ1v) is 10.4. The van der Waals surface area contributed by atoms with Crippen molar-refractivity contribution in [3.8, 4) is 0 Å². The third-order valence-corrected chi connectivity index (χ3v) is 5.08. The number of ether oxygens (including phenoxy) is 1. The smallest absolute Gasteiger partial charge is 0.437 e. The normalized spacial score (nSPS) is 16.9. The van der Waals surface area contributed by atoms with Crippen LogP contribution in [0.25, 0.3) is 10.8 Å². The lowest BCUT2D eigenvalue weighted by Gasteiger charge is -2.37. The summed E-state index contributed by atoms with van der Waals surface area (Å²) < 4.78 is 5.38. The number of fused-ring (bicyclic) bond motifs is 3. The van der Waals surface area contributed by atoms with Crippen molar-refractivity contribution in [2.45, 2.75) is 65.5 Å². The molecular formula is C24H31N3O4. The summed E-state index contributed by atoms with van der Waals surface area (Å²) in [5.74, 6) is 0.177. The number of carbonyl (C=O) groups is 2. The molecule has 7 heteroatoms. The minimum absolute atomic E-state index is 0.0510. The molecule has 2 aromatic carbocycles. The highest BCUT2D eigenvalue weighted by atomic mass is 16.6. The predicted octanol–water partition coefficient (Wildman–Crippen LogP) is 5.83. The first kappa shape index (κ1) is 22.6. The largest absolute Gasteiger partial charge is 0.465 e. The number of amides is 2. The highest BCUT2D eigenvalue weighted by Gasteiger charge is 2.39. The van der Waals surface area contributed by atoms with E-state index in [4.69, 9.17) is 4.74 Å². The molecule has 1 heterocycles. The van der Waals surface area contributed by atoms with Crippen LogP contribution in [0, 0.1) is 0 Å². The van der Waals surface area contributed by atoms with E-state index in [9.17, 15) is 14.7 Å². The molecule has 0 aliphatic carbocycles. The second kappa shape index (κ2) is 7.87. The number of carboxylic acid groups (broad SMARTS) is 1. The predicted molar refractivity (Wildman–Crippen MR) is 123 cm³/mol. The van der Waals surface area contributed by atoms with E-state index in [1.165, 1.54) is 0 Å². The number of rotatable bonds is 0. The van der Waals surface area contributed by atoms with Crippen molar-refractivity contribution in [3.63, 3.8) is 0 Å². The summed E-state index contributed by atoms with van der Waals surface area (Å²) in [7, 11) is 0. The van der Waals surface area contributed by atoms with E-state index in [0.717, 1.165) is 26.9 Å². The number of benzene rings is 2. The Morgan fingerprint density at radius 3 is 2.32 bits per heavy atom. The zero-order valence-electron chi connectivity index (χ0n) is 19.3. The Bertz CT molecular complexity index is 1050. The summed E-state index contributed by atoms with van der Waals surface area (Å²) in [5, 5.41) is 12.3. The standard InChI is InChI=1S/C24H31N3O4/c1-15-14-26(18-13-12-16-10-8-9-11-17(16)19(15)18)20(25-21(28)31-24(5,6)7)27(22(29)30)23(2,3)4/h8-13,15H,14H2,1-7H3,(H,29,30). The van der Waals surface area contributed by atoms with E-state index in [-0.39, 0.29) is 11.9 Å². The van der Waals surface area contributed by atoms with Gasteiger partial charge in [-0.3, -0.25) is 0 Å². The Morgan fingerprint density at radius 1 is 1.10 bits per heavy atom. The molecule has 1 atom stereocenters. The van der Waals surface area contributed by atoms with E-state index in [1.807, 2.05) is 29.2 Å². The maximum atomic E-state index is 12.6. The molecule has 0 fully saturated rings. The lowest BCUT2D eigenvalue weighted by Crippen LogP contribution is -2.55. The monoisotopic (exact) mass is 425 g/mol. The molecule has 0 spiro atoms. The molecule has 7 nitrogen and oxygen atoms in total. The quantitative estimate of drug-likeness (QED) is 0.424. The maximum absolute atomic E-state index is 12.6. The van der Waals surface area contributed by atoms with Gasteiger partial charge in [-0.05, 0) is 63.9 Å². The first-order valence-electron chi connectivity index (χ1n) is 10.4. The molecule has 1 aliphatic rings. The minimum Gasteiger partial charge on any atom is -0.465 e. The van der Waals surface area contributed by atoms with Gasteiger partial charge in [0.25, 0.3) is 0 Å². The zero-order valence-corrected chi connectivity index (χ0v) is 19.3. The van der Waals surface area contributed by atoms with Gasteiger partial charge in [-0.15, -0.1) is 4.99 Å². The van der Waals surface area contributed by atoms with Crippen LogP contribution in [0.1, 0.15) is 59.9 Å². The van der Waals surface area contributed by atoms with Crippen LogP contribution < -0.4 is 4.90 Å². The van der Waals surface area contributed by atoms with Crippen molar-refractivity contribution in [3.05, 3.63) is 42.0 Å². The average Bonchev–Trinajstić information content (AvgIpc) is 2.95. The Morgan fingerprint density at radius 2 is 1.74 bits per heavy atom. The topological polar surface area (TPSA) is 82.4 Å². The third kappa shape index (κ3) is 4.65. The van der Waals surface area contributed by atoms with Gasteiger partial charge in [0.1, 0.15) is 5.60 Å². The van der Waals surface area contributed by atoms with Crippen LogP contribution in [0.15, 0.2) is 41.4 Å². The van der Waals surface area contributed by atoms with Gasteiger partial charge in [0.15, 0.2) is 0 Å². The number of guanidine groups is 1. The molecule has 0 radical (unpaired) electrons. The number of aliphatic imine (C=N–C) groups is 1. The molecule has 2 amide bonds. The number of hydrogen-bond donors (Lipinski definition) is 1. The first-order chi connectivity index (χ1) is 14.3. The Balaban J connectivity index is 2.19. The minimum atomic E-state index is -1.18. The van der Waals surface area contributed by atoms with Gasteiger partial charge >= 0.3 is 12.2 Å². The molecule has 31 heavy (non-hydrogen) atoms. The summed E-state index contributed by atoms with van der Waals surface area (Å²) in [5.41, 5.74) is 0.405. The Kier molecular flexibility index (Phi) is 5.74. The van der Waals surface area contributed by atoms with Gasteiger partial charge in [0, 0.05) is 23.7 Å². The third-order valence-electron chi connectivity index (χ3n) is 5.08. The van der Waals surface area contributed by atoms with Crippen LogP contribution in [0.5, 0.6) is 0 Å². The number of carbonyl (C=O) groups excluding carboxylic acids is 1. The summed E-state index contributed by atoms with van der Waals surface area (Å²) >= 11 is 0. The van der Waals surface area contributed by atoms with Gasteiger partial charge in [0.2, 0.25) is 5.96 Å². The second-order valence-corrected chi connectivity index (χ2v) is 9.91. The van der Waals surface area contributed by atoms with Crippen LogP contribution >= 0.6 is 0 Å². The SMILES string of the molecule is CC1CN(C(=NC(=O)OC(C)(C)C)N(C(=O)O)C(C)(C)C)c2ccc3ccccc3c21. The van der Waals surface area contributed by atoms with Crippen LogP contribution in [0.4, 0.5) is 15.3 Å². The van der Waals surface area contributed by atoms with Crippen molar-refractivity contribution in [2.24, 2.45) is 4.99 Å². The van der Waals surface area contributed by atoms with Gasteiger partial charge in [-0.2, -0.15) is 0 Å². The zero-order chi connectivity index (χ0) is 23.1. The van der Waals surface area contributed by atoms with Crippen LogP contribution in [-0.2, 0) is 4.74 Å². The van der Waals surface area contributed by atoms with Crippen molar-refractivity contribution in [2.75, 3.05) is 11.4 Å². The van der Waals surface area contributed by atoms with Crippen molar-refractivity contribution < 1.29 is 19.4 Å². The molecule has 0 saturated heterocycles. The van der Waals surface area contributed by atoms with Gasteiger partial charge in [-0.1, -0.05) is 37.3 Å². The highest BCUT2D eigenvalue weighted by Crippen LogP contribution is 2.42. The van der Waals surface area contributed by atoms with Crippen LogP contribution in [0.3, 0.4) is 0 Å². The molecular weight excluding hydrogens is 394 g/mol. The van der Waals surface area contributed by atoms with Crippen molar-refractivity contribution >= 4 is 34.6 Å². The van der Waals surface area contributed by atoms with Gasteiger partial charge in [-0.25, -0.2) is 14.5 Å². The number of anilines is 1. The fourth-order valence-electron chi connectivity index (χ4n) is 3.96. The molecule has 1 N–H and O–H groups in total. The van der Waals surface area contributed by atoms with E-state index < -0.39 is 23.3 Å². The highest BCUT2D eigenvalue weighted by molar-refractivity contribution is 6.10. The lowest BCUT2D eigenvalue weighted by atomic mass is 9.96. The van der Waals surface area contributed by atoms with Crippen LogP contribution in [-0.4, -0.2) is 45.8 Å². The molecule has 0 bridgehead atoms. The number of nitrogens with zero attached hydrogens (tertiary/aromatic N) is 3. The summed E-state index contributed by atoms with van der Waals surface area (Å²) in [6, 6.07) is 12.1. The molecule has 0 saturated carbocycles. The molecule has 166 valence electrons. The Hall–Kier alpha value is -3.09. The van der Waals surface area contributed by atoms with E-state index in [2.05, 4.69) is 24.0 Å². The second-order valence-electron chi connectivity index (χ2n) is 9.91. The van der Waals surface area contributed by atoms with Gasteiger partial charge in [0.05, 0.1) is 0 Å². The van der Waals surface area contributed by atoms with Crippen LogP contribution in [0.2, 0.25) is 0 Å². The fourth-order valence-corrected chi connectivity index (χ4v) is 3.96. The van der Waals surface area contributed by atoms with E-state index >= 15 is 0 Å². The summed E-state index contributed by atoms with van der Waals surface area (Å²) in [6.07, 6.45) is -2.00. The lowest BCUT2D eigenvalue weighted by molar-refractivity contribution is 0.0600. The molecule has 0 aromatic heterocycles. The van der Waals surface area contributed by atoms with Crippen molar-refractivity contribution in [1.29, 1.82) is 0 Å². The molecule has 1 aliphatic heterocycles. The number of hydrogen-bond acceptors (Lipinski definition) is 3. The van der Waals surface area contributed by atoms with E-state index in [0.29, 0.717) is 6.54 Å². The van der Waals surface area contributed by atoms with E-state index in [1.54, 1.807) is 41.5 Å². The van der Waals surface area contributed by atoms with Gasteiger partial charge < -0.3 is 14.7 Å². The molecule has 3 rings (SSSR count). The summed E-state index contributed by atoms with van der Waals surface area (Å²) in [4.78, 5) is 32.0. The maximum Gasteiger partial charge on any atom is 0.437 e. The summed E-state index contributed by atoms with van der Waals surface area (Å²) in [6.45, 7) is 13.2. The molecule has 2 aromatic rings. The average molecular weight is 426 g/mol.